The lowest BCUT2D eigenvalue weighted by molar-refractivity contribution is 0.0190. The maximum atomic E-state index is 5.86. The first-order valence-electron chi connectivity index (χ1n) is 8.46. The normalized spacial score (nSPS) is 19.2. The van der Waals surface area contributed by atoms with Gasteiger partial charge in [-0.3, -0.25) is 4.68 Å². The smallest absolute Gasteiger partial charge is 0.163 e. The number of rotatable bonds is 4. The zero-order valence-electron chi connectivity index (χ0n) is 15.2. The van der Waals surface area contributed by atoms with Crippen molar-refractivity contribution in [2.45, 2.75) is 38.7 Å². The molecule has 3 heterocycles. The van der Waals surface area contributed by atoms with Crippen LogP contribution >= 0.6 is 0 Å². The van der Waals surface area contributed by atoms with Crippen LogP contribution in [-0.4, -0.2) is 59.3 Å². The molecule has 1 fully saturated rings. The zero-order valence-corrected chi connectivity index (χ0v) is 15.2. The maximum absolute atomic E-state index is 5.86. The summed E-state index contributed by atoms with van der Waals surface area (Å²) < 4.78 is 12.9. The van der Waals surface area contributed by atoms with Crippen LogP contribution in [0.1, 0.15) is 33.0 Å². The van der Waals surface area contributed by atoms with Crippen LogP contribution in [-0.2, 0) is 21.9 Å². The van der Waals surface area contributed by atoms with Crippen molar-refractivity contribution < 1.29 is 9.47 Å². The van der Waals surface area contributed by atoms with Crippen LogP contribution in [0.25, 0.3) is 11.0 Å². The largest absolute Gasteiger partial charge is 0.385 e. The van der Waals surface area contributed by atoms with E-state index in [2.05, 4.69) is 30.8 Å². The van der Waals surface area contributed by atoms with Gasteiger partial charge in [0.25, 0.3) is 0 Å². The van der Waals surface area contributed by atoms with Gasteiger partial charge in [0.15, 0.2) is 5.65 Å². The third-order valence-electron chi connectivity index (χ3n) is 4.33. The molecule has 0 amide bonds. The number of morpholine rings is 1. The Balaban J connectivity index is 1.98. The van der Waals surface area contributed by atoms with Crippen LogP contribution in [0.5, 0.6) is 0 Å². The minimum absolute atomic E-state index is 0.116. The third kappa shape index (κ3) is 3.37. The van der Waals surface area contributed by atoms with Gasteiger partial charge in [-0.25, -0.2) is 9.97 Å². The van der Waals surface area contributed by atoms with E-state index in [9.17, 15) is 0 Å². The van der Waals surface area contributed by atoms with Crippen LogP contribution in [0.2, 0.25) is 0 Å². The summed E-state index contributed by atoms with van der Waals surface area (Å²) in [6.45, 7) is 9.45. The van der Waals surface area contributed by atoms with Gasteiger partial charge in [-0.1, -0.05) is 20.8 Å². The minimum atomic E-state index is -0.116. The second-order valence-corrected chi connectivity index (χ2v) is 7.35. The van der Waals surface area contributed by atoms with E-state index < -0.39 is 0 Å². The Labute approximate surface area is 143 Å². The molecule has 0 spiro atoms. The minimum Gasteiger partial charge on any atom is -0.385 e. The Bertz CT molecular complexity index is 707. The van der Waals surface area contributed by atoms with Crippen LogP contribution in [0.3, 0.4) is 0 Å². The third-order valence-corrected chi connectivity index (χ3v) is 4.33. The topological polar surface area (TPSA) is 65.3 Å². The summed E-state index contributed by atoms with van der Waals surface area (Å²) in [6.07, 6.45) is 2.91. The van der Waals surface area contributed by atoms with E-state index in [1.54, 1.807) is 7.11 Å². The summed E-state index contributed by atoms with van der Waals surface area (Å²) in [5, 5.41) is 5.38. The molecular formula is C17H27N5O2. The summed E-state index contributed by atoms with van der Waals surface area (Å²) in [4.78, 5) is 11.9. The van der Waals surface area contributed by atoms with Gasteiger partial charge in [-0.2, -0.15) is 5.10 Å². The van der Waals surface area contributed by atoms with Crippen molar-refractivity contribution in [1.29, 1.82) is 0 Å². The van der Waals surface area contributed by atoms with Crippen molar-refractivity contribution in [2.24, 2.45) is 7.05 Å². The van der Waals surface area contributed by atoms with Gasteiger partial charge in [0, 0.05) is 39.3 Å². The highest BCUT2D eigenvalue weighted by Gasteiger charge is 2.27. The van der Waals surface area contributed by atoms with Crippen molar-refractivity contribution in [3.63, 3.8) is 0 Å². The molecule has 2 aromatic rings. The Hall–Kier alpha value is -1.73. The molecule has 132 valence electrons. The van der Waals surface area contributed by atoms with Gasteiger partial charge in [0.05, 0.1) is 24.3 Å². The highest BCUT2D eigenvalue weighted by molar-refractivity contribution is 5.87. The number of aryl methyl sites for hydroxylation is 1. The summed E-state index contributed by atoms with van der Waals surface area (Å²) in [5.74, 6) is 1.80. The molecular weight excluding hydrogens is 306 g/mol. The molecule has 7 nitrogen and oxygen atoms in total. The number of hydrogen-bond donors (Lipinski definition) is 0. The number of hydrogen-bond acceptors (Lipinski definition) is 6. The molecule has 1 aliphatic rings. The number of ether oxygens (including phenoxy) is 2. The predicted molar refractivity (Wildman–Crippen MR) is 93.5 cm³/mol. The molecule has 3 rings (SSSR count). The van der Waals surface area contributed by atoms with Crippen molar-refractivity contribution in [1.82, 2.24) is 19.7 Å². The lowest BCUT2D eigenvalue weighted by Crippen LogP contribution is -2.43. The summed E-state index contributed by atoms with van der Waals surface area (Å²) in [6, 6.07) is 0. The fourth-order valence-electron chi connectivity index (χ4n) is 2.92. The molecule has 0 unspecified atom stereocenters. The quantitative estimate of drug-likeness (QED) is 0.851. The maximum Gasteiger partial charge on any atom is 0.163 e. The predicted octanol–water partition coefficient (Wildman–Crippen LogP) is 1.90. The van der Waals surface area contributed by atoms with Gasteiger partial charge >= 0.3 is 0 Å². The average Bonchev–Trinajstić information content (AvgIpc) is 2.93. The van der Waals surface area contributed by atoms with E-state index in [0.717, 1.165) is 42.2 Å². The number of anilines is 1. The number of nitrogens with zero attached hydrogens (tertiary/aromatic N) is 5. The van der Waals surface area contributed by atoms with Crippen LogP contribution in [0.15, 0.2) is 6.20 Å². The molecule has 1 atom stereocenters. The average molecular weight is 333 g/mol. The Kier molecular flexibility index (Phi) is 4.73. The Morgan fingerprint density at radius 1 is 1.33 bits per heavy atom. The molecule has 0 aliphatic carbocycles. The zero-order chi connectivity index (χ0) is 17.3. The van der Waals surface area contributed by atoms with Crippen molar-refractivity contribution >= 4 is 16.9 Å². The molecule has 0 radical (unpaired) electrons. The summed E-state index contributed by atoms with van der Waals surface area (Å²) in [7, 11) is 3.64. The lowest BCUT2D eigenvalue weighted by Gasteiger charge is -2.34. The number of aromatic nitrogens is 4. The fourth-order valence-corrected chi connectivity index (χ4v) is 2.92. The fraction of sp³-hybridized carbons (Fsp3) is 0.706. The lowest BCUT2D eigenvalue weighted by atomic mass is 9.95. The highest BCUT2D eigenvalue weighted by Crippen LogP contribution is 2.29. The highest BCUT2D eigenvalue weighted by atomic mass is 16.5. The Morgan fingerprint density at radius 2 is 2.12 bits per heavy atom. The first kappa shape index (κ1) is 17.1. The Morgan fingerprint density at radius 3 is 2.83 bits per heavy atom. The number of fused-ring (bicyclic) bond motifs is 1. The molecule has 0 N–H and O–H groups in total. The van der Waals surface area contributed by atoms with E-state index >= 15 is 0 Å². The van der Waals surface area contributed by atoms with Gasteiger partial charge < -0.3 is 14.4 Å². The van der Waals surface area contributed by atoms with Crippen molar-refractivity contribution in [2.75, 3.05) is 38.3 Å². The molecule has 7 heteroatoms. The van der Waals surface area contributed by atoms with Gasteiger partial charge in [0.2, 0.25) is 0 Å². The molecule has 0 aromatic carbocycles. The number of methoxy groups -OCH3 is 1. The molecule has 1 saturated heterocycles. The van der Waals surface area contributed by atoms with Gasteiger partial charge in [-0.05, 0) is 6.42 Å². The van der Waals surface area contributed by atoms with E-state index in [4.69, 9.17) is 19.4 Å². The van der Waals surface area contributed by atoms with Crippen molar-refractivity contribution in [3.8, 4) is 0 Å². The molecule has 0 saturated carbocycles. The van der Waals surface area contributed by atoms with Crippen LogP contribution < -0.4 is 4.90 Å². The molecule has 24 heavy (non-hydrogen) atoms. The standard InChI is InChI=1S/C17H27N5O2/c1-17(2,3)16-19-14-13(10-18-21(14)4)15(20-16)22-7-9-24-12(11-22)6-8-23-5/h10,12H,6-9,11H2,1-5H3/t12-/m1/s1. The van der Waals surface area contributed by atoms with E-state index in [1.165, 1.54) is 0 Å². The monoisotopic (exact) mass is 333 g/mol. The van der Waals surface area contributed by atoms with Crippen LogP contribution in [0.4, 0.5) is 5.82 Å². The van der Waals surface area contributed by atoms with Crippen molar-refractivity contribution in [3.05, 3.63) is 12.0 Å². The summed E-state index contributed by atoms with van der Waals surface area (Å²) >= 11 is 0. The van der Waals surface area contributed by atoms with E-state index in [-0.39, 0.29) is 11.5 Å². The summed E-state index contributed by atoms with van der Waals surface area (Å²) in [5.41, 5.74) is 0.763. The van der Waals surface area contributed by atoms with Crippen LogP contribution in [0, 0.1) is 0 Å². The van der Waals surface area contributed by atoms with Gasteiger partial charge in [-0.15, -0.1) is 0 Å². The molecule has 2 aromatic heterocycles. The molecule has 1 aliphatic heterocycles. The first-order chi connectivity index (χ1) is 11.4. The second-order valence-electron chi connectivity index (χ2n) is 7.35. The second kappa shape index (κ2) is 6.64. The first-order valence-corrected chi connectivity index (χ1v) is 8.46. The van der Waals surface area contributed by atoms with E-state index in [0.29, 0.717) is 13.2 Å². The SMILES string of the molecule is COCC[C@@H]1CN(c2nc(C(C)(C)C)nc3c2cnn3C)CCO1. The van der Waals surface area contributed by atoms with Gasteiger partial charge in [0.1, 0.15) is 11.6 Å². The molecule has 0 bridgehead atoms. The van der Waals surface area contributed by atoms with E-state index in [1.807, 2.05) is 17.9 Å².